The number of hydrogen-bond acceptors (Lipinski definition) is 4. The molecule has 1 rings (SSSR count). The number of rotatable bonds is 7. The van der Waals surface area contributed by atoms with Gasteiger partial charge in [0.15, 0.2) is 0 Å². The first-order chi connectivity index (χ1) is 8.63. The van der Waals surface area contributed by atoms with Crippen LogP contribution in [-0.2, 0) is 20.7 Å². The lowest BCUT2D eigenvalue weighted by atomic mass is 10.1. The third-order valence-electron chi connectivity index (χ3n) is 2.56. The number of hydrogen-bond donors (Lipinski definition) is 1. The number of carbonyl (C=O) groups excluding carboxylic acids is 2. The number of ketones is 1. The molecule has 1 aromatic rings. The van der Waals surface area contributed by atoms with E-state index in [-0.39, 0.29) is 18.8 Å². The zero-order valence-corrected chi connectivity index (χ0v) is 10.5. The Morgan fingerprint density at radius 3 is 2.44 bits per heavy atom. The first kappa shape index (κ1) is 14.2. The molecule has 0 fully saturated rings. The largest absolute Gasteiger partial charge is 0.508 e. The fraction of sp³-hybridized carbons (Fsp3) is 0.429. The van der Waals surface area contributed by atoms with Gasteiger partial charge in [-0.05, 0) is 43.9 Å². The highest BCUT2D eigenvalue weighted by Crippen LogP contribution is 2.12. The molecule has 0 bridgehead atoms. The molecule has 0 atom stereocenters. The van der Waals surface area contributed by atoms with Crippen LogP contribution in [0.5, 0.6) is 5.75 Å². The van der Waals surface area contributed by atoms with E-state index in [9.17, 15) is 9.59 Å². The van der Waals surface area contributed by atoms with Crippen molar-refractivity contribution in [3.05, 3.63) is 29.8 Å². The highest BCUT2D eigenvalue weighted by atomic mass is 16.5. The molecular formula is C14H18O4. The third-order valence-corrected chi connectivity index (χ3v) is 2.56. The number of aromatic hydroxyl groups is 1. The summed E-state index contributed by atoms with van der Waals surface area (Å²) in [6.07, 6.45) is 2.56. The predicted molar refractivity (Wildman–Crippen MR) is 67.3 cm³/mol. The second-order valence-electron chi connectivity index (χ2n) is 4.02. The quantitative estimate of drug-likeness (QED) is 0.458. The molecule has 18 heavy (non-hydrogen) atoms. The summed E-state index contributed by atoms with van der Waals surface area (Å²) in [5, 5.41) is 9.12. The molecule has 0 aliphatic carbocycles. The maximum absolute atomic E-state index is 11.3. The smallest absolute Gasteiger partial charge is 0.374 e. The van der Waals surface area contributed by atoms with Crippen LogP contribution in [0.1, 0.15) is 31.7 Å². The summed E-state index contributed by atoms with van der Waals surface area (Å²) in [4.78, 5) is 22.3. The van der Waals surface area contributed by atoms with Crippen LogP contribution in [0.3, 0.4) is 0 Å². The van der Waals surface area contributed by atoms with Gasteiger partial charge in [0.05, 0.1) is 6.61 Å². The fourth-order valence-corrected chi connectivity index (χ4v) is 1.59. The minimum absolute atomic E-state index is 0.233. The molecule has 0 saturated carbocycles. The van der Waals surface area contributed by atoms with Crippen LogP contribution in [0.15, 0.2) is 24.3 Å². The minimum atomic E-state index is -0.734. The van der Waals surface area contributed by atoms with Crippen molar-refractivity contribution in [3.63, 3.8) is 0 Å². The van der Waals surface area contributed by atoms with Crippen LogP contribution in [0.2, 0.25) is 0 Å². The van der Waals surface area contributed by atoms with Gasteiger partial charge in [0.25, 0.3) is 0 Å². The maximum Gasteiger partial charge on any atom is 0.374 e. The van der Waals surface area contributed by atoms with Gasteiger partial charge in [-0.15, -0.1) is 0 Å². The first-order valence-electron chi connectivity index (χ1n) is 6.11. The van der Waals surface area contributed by atoms with Crippen molar-refractivity contribution in [1.29, 1.82) is 0 Å². The number of carbonyl (C=O) groups is 2. The fourth-order valence-electron chi connectivity index (χ4n) is 1.59. The summed E-state index contributed by atoms with van der Waals surface area (Å²) in [5.41, 5.74) is 1.11. The SMILES string of the molecule is CCOC(=O)C(=O)CCCCc1ccc(O)cc1. The van der Waals surface area contributed by atoms with Gasteiger partial charge in [-0.1, -0.05) is 12.1 Å². The van der Waals surface area contributed by atoms with E-state index < -0.39 is 11.8 Å². The zero-order valence-electron chi connectivity index (χ0n) is 10.5. The summed E-state index contributed by atoms with van der Waals surface area (Å²) in [6.45, 7) is 1.91. The van der Waals surface area contributed by atoms with Crippen molar-refractivity contribution in [2.24, 2.45) is 0 Å². The van der Waals surface area contributed by atoms with E-state index in [0.717, 1.165) is 18.4 Å². The lowest BCUT2D eigenvalue weighted by Gasteiger charge is -2.02. The standard InChI is InChI=1S/C14H18O4/c1-2-18-14(17)13(16)6-4-3-5-11-7-9-12(15)10-8-11/h7-10,15H,2-6H2,1H3. The van der Waals surface area contributed by atoms with Gasteiger partial charge in [0, 0.05) is 6.42 Å². The Labute approximate surface area is 107 Å². The first-order valence-corrected chi connectivity index (χ1v) is 6.11. The van der Waals surface area contributed by atoms with Crippen molar-refractivity contribution in [2.45, 2.75) is 32.6 Å². The number of aryl methyl sites for hydroxylation is 1. The molecular weight excluding hydrogens is 232 g/mol. The molecule has 4 nitrogen and oxygen atoms in total. The molecule has 0 amide bonds. The Kier molecular flexibility index (Phi) is 5.91. The van der Waals surface area contributed by atoms with Crippen molar-refractivity contribution >= 4 is 11.8 Å². The van der Waals surface area contributed by atoms with Crippen LogP contribution in [-0.4, -0.2) is 23.5 Å². The molecule has 0 aliphatic heterocycles. The second-order valence-corrected chi connectivity index (χ2v) is 4.02. The number of esters is 1. The third kappa shape index (κ3) is 4.99. The number of phenolic OH excluding ortho intramolecular Hbond substituents is 1. The minimum Gasteiger partial charge on any atom is -0.508 e. The van der Waals surface area contributed by atoms with Gasteiger partial charge in [-0.3, -0.25) is 4.79 Å². The molecule has 0 radical (unpaired) electrons. The summed E-state index contributed by atoms with van der Waals surface area (Å²) in [6, 6.07) is 6.98. The predicted octanol–water partition coefficient (Wildman–Crippen LogP) is 2.24. The lowest BCUT2D eigenvalue weighted by Crippen LogP contribution is -2.16. The summed E-state index contributed by atoms with van der Waals surface area (Å²) in [7, 11) is 0. The van der Waals surface area contributed by atoms with E-state index >= 15 is 0 Å². The van der Waals surface area contributed by atoms with Crippen molar-refractivity contribution < 1.29 is 19.4 Å². The second kappa shape index (κ2) is 7.48. The van der Waals surface area contributed by atoms with Crippen molar-refractivity contribution in [3.8, 4) is 5.75 Å². The van der Waals surface area contributed by atoms with E-state index in [0.29, 0.717) is 6.42 Å². The highest BCUT2D eigenvalue weighted by molar-refractivity contribution is 6.33. The number of ether oxygens (including phenoxy) is 1. The number of phenols is 1. The molecule has 0 heterocycles. The molecule has 0 spiro atoms. The van der Waals surface area contributed by atoms with E-state index in [2.05, 4.69) is 4.74 Å². The van der Waals surface area contributed by atoms with Crippen molar-refractivity contribution in [1.82, 2.24) is 0 Å². The summed E-state index contributed by atoms with van der Waals surface area (Å²) >= 11 is 0. The van der Waals surface area contributed by atoms with E-state index in [4.69, 9.17) is 5.11 Å². The van der Waals surface area contributed by atoms with Gasteiger partial charge >= 0.3 is 5.97 Å². The van der Waals surface area contributed by atoms with E-state index in [1.165, 1.54) is 0 Å². The Morgan fingerprint density at radius 1 is 1.17 bits per heavy atom. The number of benzene rings is 1. The normalized spacial score (nSPS) is 10.1. The number of unbranched alkanes of at least 4 members (excludes halogenated alkanes) is 1. The van der Waals surface area contributed by atoms with Crippen molar-refractivity contribution in [2.75, 3.05) is 6.61 Å². The molecule has 0 aliphatic rings. The Hall–Kier alpha value is -1.84. The Balaban J connectivity index is 2.20. The van der Waals surface area contributed by atoms with Crippen LogP contribution in [0.4, 0.5) is 0 Å². The van der Waals surface area contributed by atoms with E-state index in [1.807, 2.05) is 12.1 Å². The van der Waals surface area contributed by atoms with E-state index in [1.54, 1.807) is 19.1 Å². The number of Topliss-reactive ketones (excluding diaryl/α,β-unsaturated/α-hetero) is 1. The molecule has 0 saturated heterocycles. The van der Waals surface area contributed by atoms with Gasteiger partial charge in [0.2, 0.25) is 5.78 Å². The highest BCUT2D eigenvalue weighted by Gasteiger charge is 2.13. The van der Waals surface area contributed by atoms with Gasteiger partial charge in [-0.25, -0.2) is 4.79 Å². The van der Waals surface area contributed by atoms with Crippen LogP contribution in [0.25, 0.3) is 0 Å². The molecule has 4 heteroatoms. The zero-order chi connectivity index (χ0) is 13.4. The topological polar surface area (TPSA) is 63.6 Å². The molecule has 0 unspecified atom stereocenters. The van der Waals surface area contributed by atoms with Gasteiger partial charge < -0.3 is 9.84 Å². The summed E-state index contributed by atoms with van der Waals surface area (Å²) in [5.74, 6) is -0.944. The maximum atomic E-state index is 11.3. The monoisotopic (exact) mass is 250 g/mol. The van der Waals surface area contributed by atoms with Crippen LogP contribution < -0.4 is 0 Å². The van der Waals surface area contributed by atoms with Crippen LogP contribution in [0, 0.1) is 0 Å². The lowest BCUT2D eigenvalue weighted by molar-refractivity contribution is -0.153. The Bertz CT molecular complexity index is 395. The molecule has 98 valence electrons. The van der Waals surface area contributed by atoms with Crippen LogP contribution >= 0.6 is 0 Å². The molecule has 1 N–H and O–H groups in total. The summed E-state index contributed by atoms with van der Waals surface area (Å²) < 4.78 is 4.62. The van der Waals surface area contributed by atoms with Gasteiger partial charge in [0.1, 0.15) is 5.75 Å². The average molecular weight is 250 g/mol. The average Bonchev–Trinajstić information content (AvgIpc) is 2.36. The Morgan fingerprint density at radius 2 is 1.83 bits per heavy atom. The molecule has 0 aromatic heterocycles. The molecule has 1 aromatic carbocycles. The van der Waals surface area contributed by atoms with Gasteiger partial charge in [-0.2, -0.15) is 0 Å².